The lowest BCUT2D eigenvalue weighted by Gasteiger charge is -2.28. The van der Waals surface area contributed by atoms with Crippen molar-refractivity contribution in [2.24, 2.45) is 0 Å². The number of carbonyl (C=O) groups is 1. The van der Waals surface area contributed by atoms with Gasteiger partial charge >= 0.3 is 0 Å². The first-order chi connectivity index (χ1) is 13.5. The molecule has 0 saturated carbocycles. The van der Waals surface area contributed by atoms with Crippen LogP contribution in [0.1, 0.15) is 23.3 Å². The highest BCUT2D eigenvalue weighted by molar-refractivity contribution is 7.89. The maximum absolute atomic E-state index is 12.6. The standard InChI is InChI=1S/C20H24N2O5S/c1-26-19-6-5-17-15-22(11-9-16(17)14-19)28(24,25)13-3-10-21-20(23)8-7-18-4-2-12-27-18/h2,4-8,12,14H,3,9-11,13,15H2,1H3,(H,21,23)/b8-7+. The number of hydrogen-bond acceptors (Lipinski definition) is 5. The van der Waals surface area contributed by atoms with Crippen LogP contribution in [-0.4, -0.2) is 44.6 Å². The second-order valence-corrected chi connectivity index (χ2v) is 8.62. The van der Waals surface area contributed by atoms with E-state index in [0.29, 0.717) is 38.2 Å². The summed E-state index contributed by atoms with van der Waals surface area (Å²) < 4.78 is 37.0. The lowest BCUT2D eigenvalue weighted by molar-refractivity contribution is -0.116. The first-order valence-electron chi connectivity index (χ1n) is 9.11. The van der Waals surface area contributed by atoms with Crippen LogP contribution in [0.15, 0.2) is 47.1 Å². The van der Waals surface area contributed by atoms with Gasteiger partial charge in [0.2, 0.25) is 15.9 Å². The Hall–Kier alpha value is -2.58. The Labute approximate surface area is 165 Å². The minimum atomic E-state index is -3.37. The monoisotopic (exact) mass is 404 g/mol. The van der Waals surface area contributed by atoms with Crippen molar-refractivity contribution in [1.82, 2.24) is 9.62 Å². The summed E-state index contributed by atoms with van der Waals surface area (Å²) in [5, 5.41) is 2.68. The number of furan rings is 1. The van der Waals surface area contributed by atoms with Crippen molar-refractivity contribution in [2.75, 3.05) is 26.0 Å². The van der Waals surface area contributed by atoms with E-state index in [2.05, 4.69) is 5.32 Å². The Kier molecular flexibility index (Phi) is 6.53. The molecule has 0 saturated heterocycles. The predicted octanol–water partition coefficient (Wildman–Crippen LogP) is 2.20. The summed E-state index contributed by atoms with van der Waals surface area (Å²) in [6, 6.07) is 9.20. The average Bonchev–Trinajstić information content (AvgIpc) is 3.22. The van der Waals surface area contributed by atoms with E-state index in [0.717, 1.165) is 16.9 Å². The first kappa shape index (κ1) is 20.2. The molecule has 0 bridgehead atoms. The normalized spacial score (nSPS) is 14.8. The molecule has 0 spiro atoms. The molecule has 0 radical (unpaired) electrons. The molecule has 150 valence electrons. The van der Waals surface area contributed by atoms with Crippen LogP contribution >= 0.6 is 0 Å². The maximum Gasteiger partial charge on any atom is 0.244 e. The second-order valence-electron chi connectivity index (χ2n) is 6.53. The molecule has 2 heterocycles. The maximum atomic E-state index is 12.6. The van der Waals surface area contributed by atoms with Crippen molar-refractivity contribution in [1.29, 1.82) is 0 Å². The predicted molar refractivity (Wildman–Crippen MR) is 106 cm³/mol. The molecule has 0 unspecified atom stereocenters. The van der Waals surface area contributed by atoms with Crippen molar-refractivity contribution in [3.8, 4) is 5.75 Å². The minimum Gasteiger partial charge on any atom is -0.497 e. The van der Waals surface area contributed by atoms with Gasteiger partial charge < -0.3 is 14.5 Å². The fourth-order valence-electron chi connectivity index (χ4n) is 3.07. The van der Waals surface area contributed by atoms with E-state index in [1.807, 2.05) is 18.2 Å². The van der Waals surface area contributed by atoms with Gasteiger partial charge in [0, 0.05) is 25.7 Å². The number of nitrogens with one attached hydrogen (secondary N) is 1. The molecular weight excluding hydrogens is 380 g/mol. The molecule has 0 fully saturated rings. The van der Waals surface area contributed by atoms with Gasteiger partial charge in [-0.2, -0.15) is 4.31 Å². The van der Waals surface area contributed by atoms with E-state index < -0.39 is 10.0 Å². The first-order valence-corrected chi connectivity index (χ1v) is 10.7. The number of benzene rings is 1. The number of ether oxygens (including phenoxy) is 1. The molecule has 1 aliphatic rings. The number of nitrogens with zero attached hydrogens (tertiary/aromatic N) is 1. The third-order valence-corrected chi connectivity index (χ3v) is 6.51. The second kappa shape index (κ2) is 9.07. The van der Waals surface area contributed by atoms with Crippen molar-refractivity contribution < 1.29 is 22.4 Å². The highest BCUT2D eigenvalue weighted by Gasteiger charge is 2.26. The largest absolute Gasteiger partial charge is 0.497 e. The minimum absolute atomic E-state index is 0.000661. The third kappa shape index (κ3) is 5.24. The summed E-state index contributed by atoms with van der Waals surface area (Å²) in [7, 11) is -1.75. The Bertz CT molecular complexity index is 936. The Morgan fingerprint density at radius 2 is 2.18 bits per heavy atom. The molecule has 3 rings (SSSR count). The van der Waals surface area contributed by atoms with Gasteiger partial charge in [-0.1, -0.05) is 6.07 Å². The molecule has 28 heavy (non-hydrogen) atoms. The molecule has 0 atom stereocenters. The van der Waals surface area contributed by atoms with Gasteiger partial charge in [-0.15, -0.1) is 0 Å². The van der Waals surface area contributed by atoms with E-state index in [1.165, 1.54) is 16.6 Å². The number of sulfonamides is 1. The Morgan fingerprint density at radius 3 is 2.93 bits per heavy atom. The summed E-state index contributed by atoms with van der Waals surface area (Å²) in [5.41, 5.74) is 2.13. The van der Waals surface area contributed by atoms with Crippen LogP contribution in [0.25, 0.3) is 6.08 Å². The van der Waals surface area contributed by atoms with Crippen LogP contribution in [0.2, 0.25) is 0 Å². The average molecular weight is 404 g/mol. The molecule has 1 aromatic heterocycles. The molecule has 1 aliphatic heterocycles. The highest BCUT2D eigenvalue weighted by atomic mass is 32.2. The Balaban J connectivity index is 1.45. The molecule has 1 N–H and O–H groups in total. The third-order valence-electron chi connectivity index (χ3n) is 4.60. The number of fused-ring (bicyclic) bond motifs is 1. The summed E-state index contributed by atoms with van der Waals surface area (Å²) in [5.74, 6) is 1.09. The number of amides is 1. The van der Waals surface area contributed by atoms with E-state index in [1.54, 1.807) is 25.3 Å². The van der Waals surface area contributed by atoms with Crippen LogP contribution in [0, 0.1) is 0 Å². The number of hydrogen-bond donors (Lipinski definition) is 1. The molecule has 8 heteroatoms. The number of carbonyl (C=O) groups excluding carboxylic acids is 1. The van der Waals surface area contributed by atoms with E-state index in [-0.39, 0.29) is 11.7 Å². The topological polar surface area (TPSA) is 88.9 Å². The molecular formula is C20H24N2O5S. The van der Waals surface area contributed by atoms with Gasteiger partial charge in [-0.3, -0.25) is 4.79 Å². The zero-order valence-electron chi connectivity index (χ0n) is 15.8. The van der Waals surface area contributed by atoms with Gasteiger partial charge in [0.25, 0.3) is 0 Å². The van der Waals surface area contributed by atoms with Crippen LogP contribution in [0.5, 0.6) is 5.75 Å². The summed E-state index contributed by atoms with van der Waals surface area (Å²) in [6.07, 6.45) is 5.47. The van der Waals surface area contributed by atoms with E-state index in [9.17, 15) is 13.2 Å². The fourth-order valence-corrected chi connectivity index (χ4v) is 4.54. The summed E-state index contributed by atoms with van der Waals surface area (Å²) in [6.45, 7) is 1.13. The molecule has 1 amide bonds. The lowest BCUT2D eigenvalue weighted by atomic mass is 10.0. The van der Waals surface area contributed by atoms with Gasteiger partial charge in [0.1, 0.15) is 11.5 Å². The van der Waals surface area contributed by atoms with Crippen molar-refractivity contribution in [2.45, 2.75) is 19.4 Å². The number of rotatable bonds is 8. The van der Waals surface area contributed by atoms with Crippen molar-refractivity contribution in [3.63, 3.8) is 0 Å². The van der Waals surface area contributed by atoms with Crippen LogP contribution in [0.4, 0.5) is 0 Å². The summed E-state index contributed by atoms with van der Waals surface area (Å²) >= 11 is 0. The van der Waals surface area contributed by atoms with Crippen molar-refractivity contribution in [3.05, 3.63) is 59.6 Å². The molecule has 7 nitrogen and oxygen atoms in total. The molecule has 1 aromatic carbocycles. The number of methoxy groups -OCH3 is 1. The van der Waals surface area contributed by atoms with E-state index in [4.69, 9.17) is 9.15 Å². The van der Waals surface area contributed by atoms with Gasteiger partial charge in [0.15, 0.2) is 0 Å². The smallest absolute Gasteiger partial charge is 0.244 e. The van der Waals surface area contributed by atoms with Crippen molar-refractivity contribution >= 4 is 22.0 Å². The Morgan fingerprint density at radius 1 is 1.32 bits per heavy atom. The quantitative estimate of drug-likeness (QED) is 0.538. The van der Waals surface area contributed by atoms with Crippen LogP contribution in [0.3, 0.4) is 0 Å². The van der Waals surface area contributed by atoms with Gasteiger partial charge in [-0.25, -0.2) is 8.42 Å². The zero-order chi connectivity index (χ0) is 20.0. The van der Waals surface area contributed by atoms with E-state index >= 15 is 0 Å². The van der Waals surface area contributed by atoms with Gasteiger partial charge in [0.05, 0.1) is 19.1 Å². The summed E-state index contributed by atoms with van der Waals surface area (Å²) in [4.78, 5) is 11.7. The molecule has 0 aliphatic carbocycles. The fraction of sp³-hybridized carbons (Fsp3) is 0.350. The lowest BCUT2D eigenvalue weighted by Crippen LogP contribution is -2.38. The van der Waals surface area contributed by atoms with Crippen LogP contribution < -0.4 is 10.1 Å². The zero-order valence-corrected chi connectivity index (χ0v) is 16.6. The molecule has 2 aromatic rings. The van der Waals surface area contributed by atoms with Crippen LogP contribution in [-0.2, 0) is 27.8 Å². The SMILES string of the molecule is COc1ccc2c(c1)CCN(S(=O)(=O)CCCNC(=O)/C=C/c1ccco1)C2. The van der Waals surface area contributed by atoms with Gasteiger partial charge in [-0.05, 0) is 54.3 Å². The highest BCUT2D eigenvalue weighted by Crippen LogP contribution is 2.25.